The molecule has 0 aromatic heterocycles. The van der Waals surface area contributed by atoms with E-state index < -0.39 is 12.0 Å². The molecule has 0 aliphatic heterocycles. The third-order valence-electron chi connectivity index (χ3n) is 2.13. The predicted molar refractivity (Wildman–Crippen MR) is 56.1 cm³/mol. The molecule has 0 aliphatic rings. The molecular formula is C11H15NO3. The minimum Gasteiger partial charge on any atom is -0.468 e. The molecule has 0 saturated heterocycles. The van der Waals surface area contributed by atoms with Crippen LogP contribution in [0.4, 0.5) is 0 Å². The third kappa shape index (κ3) is 3.34. The number of benzene rings is 1. The van der Waals surface area contributed by atoms with Crippen LogP contribution in [0.3, 0.4) is 0 Å². The highest BCUT2D eigenvalue weighted by Crippen LogP contribution is 2.07. The molecule has 1 aromatic carbocycles. The zero-order valence-corrected chi connectivity index (χ0v) is 8.64. The Bertz CT molecular complexity index is 338. The van der Waals surface area contributed by atoms with Crippen LogP contribution in [0.5, 0.6) is 0 Å². The number of carbonyl (C=O) groups excluding carboxylic acids is 1. The van der Waals surface area contributed by atoms with Gasteiger partial charge < -0.3 is 15.6 Å². The van der Waals surface area contributed by atoms with Crippen LogP contribution >= 0.6 is 0 Å². The molecule has 0 bridgehead atoms. The highest BCUT2D eigenvalue weighted by molar-refractivity contribution is 5.75. The van der Waals surface area contributed by atoms with E-state index in [0.29, 0.717) is 6.42 Å². The van der Waals surface area contributed by atoms with E-state index >= 15 is 0 Å². The zero-order valence-electron chi connectivity index (χ0n) is 8.64. The number of ether oxygens (including phenoxy) is 1. The van der Waals surface area contributed by atoms with Crippen molar-refractivity contribution in [2.75, 3.05) is 7.11 Å². The number of aliphatic hydroxyl groups is 1. The molecule has 1 atom stereocenters. The molecule has 0 saturated carbocycles. The van der Waals surface area contributed by atoms with Crippen LogP contribution in [-0.4, -0.2) is 24.2 Å². The molecular weight excluding hydrogens is 194 g/mol. The van der Waals surface area contributed by atoms with Crippen molar-refractivity contribution in [3.05, 3.63) is 35.4 Å². The van der Waals surface area contributed by atoms with Crippen LogP contribution in [0, 0.1) is 0 Å². The second-order valence-electron chi connectivity index (χ2n) is 3.31. The lowest BCUT2D eigenvalue weighted by atomic mass is 10.0. The standard InChI is InChI=1S/C11H15NO3/c1-15-11(14)10(12)6-8-3-2-4-9(5-8)7-13/h2-5,10,13H,6-7,12H2,1H3/t10-/m1/s1. The number of rotatable bonds is 4. The van der Waals surface area contributed by atoms with Crippen LogP contribution in [0.25, 0.3) is 0 Å². The van der Waals surface area contributed by atoms with Gasteiger partial charge in [-0.3, -0.25) is 4.79 Å². The Balaban J connectivity index is 2.67. The number of aliphatic hydroxyl groups excluding tert-OH is 1. The summed E-state index contributed by atoms with van der Waals surface area (Å²) in [6.45, 7) is -0.0126. The van der Waals surface area contributed by atoms with Gasteiger partial charge in [0, 0.05) is 0 Å². The van der Waals surface area contributed by atoms with Crippen molar-refractivity contribution >= 4 is 5.97 Å². The van der Waals surface area contributed by atoms with E-state index in [4.69, 9.17) is 10.8 Å². The van der Waals surface area contributed by atoms with Gasteiger partial charge in [0.1, 0.15) is 6.04 Å². The van der Waals surface area contributed by atoms with Crippen LogP contribution in [-0.2, 0) is 22.6 Å². The Morgan fingerprint density at radius 3 is 2.80 bits per heavy atom. The molecule has 1 rings (SSSR count). The first-order chi connectivity index (χ1) is 7.17. The second kappa shape index (κ2) is 5.48. The molecule has 1 aromatic rings. The van der Waals surface area contributed by atoms with Gasteiger partial charge >= 0.3 is 5.97 Å². The van der Waals surface area contributed by atoms with E-state index in [-0.39, 0.29) is 6.61 Å². The van der Waals surface area contributed by atoms with Crippen molar-refractivity contribution in [3.63, 3.8) is 0 Å². The monoisotopic (exact) mass is 209 g/mol. The van der Waals surface area contributed by atoms with Crippen molar-refractivity contribution in [2.45, 2.75) is 19.1 Å². The van der Waals surface area contributed by atoms with Gasteiger partial charge in [-0.2, -0.15) is 0 Å². The molecule has 15 heavy (non-hydrogen) atoms. The summed E-state index contributed by atoms with van der Waals surface area (Å²) in [5.74, 6) is -0.426. The van der Waals surface area contributed by atoms with Crippen molar-refractivity contribution in [1.29, 1.82) is 0 Å². The van der Waals surface area contributed by atoms with Gasteiger partial charge in [0.25, 0.3) is 0 Å². The van der Waals surface area contributed by atoms with Crippen molar-refractivity contribution < 1.29 is 14.6 Å². The number of hydrogen-bond donors (Lipinski definition) is 2. The third-order valence-corrected chi connectivity index (χ3v) is 2.13. The molecule has 0 amide bonds. The number of methoxy groups -OCH3 is 1. The fraction of sp³-hybridized carbons (Fsp3) is 0.364. The Kier molecular flexibility index (Phi) is 4.27. The van der Waals surface area contributed by atoms with Crippen LogP contribution in [0.1, 0.15) is 11.1 Å². The van der Waals surface area contributed by atoms with Crippen LogP contribution < -0.4 is 5.73 Å². The molecule has 0 radical (unpaired) electrons. The Morgan fingerprint density at radius 2 is 2.20 bits per heavy atom. The average molecular weight is 209 g/mol. The van der Waals surface area contributed by atoms with E-state index in [2.05, 4.69) is 4.74 Å². The van der Waals surface area contributed by atoms with Crippen molar-refractivity contribution in [2.24, 2.45) is 5.73 Å². The van der Waals surface area contributed by atoms with E-state index in [1.807, 2.05) is 24.3 Å². The first-order valence-corrected chi connectivity index (χ1v) is 4.69. The molecule has 4 heteroatoms. The number of hydrogen-bond acceptors (Lipinski definition) is 4. The molecule has 0 spiro atoms. The summed E-state index contributed by atoms with van der Waals surface area (Å²) in [4.78, 5) is 11.1. The summed E-state index contributed by atoms with van der Waals surface area (Å²) >= 11 is 0. The lowest BCUT2D eigenvalue weighted by molar-refractivity contribution is -0.142. The van der Waals surface area contributed by atoms with Crippen LogP contribution in [0.2, 0.25) is 0 Å². The first kappa shape index (κ1) is 11.7. The highest BCUT2D eigenvalue weighted by atomic mass is 16.5. The molecule has 0 fully saturated rings. The van der Waals surface area contributed by atoms with Gasteiger partial charge in [-0.05, 0) is 17.5 Å². The van der Waals surface area contributed by atoms with Gasteiger partial charge in [0.2, 0.25) is 0 Å². The number of esters is 1. The number of nitrogens with two attached hydrogens (primary N) is 1. The topological polar surface area (TPSA) is 72.5 Å². The summed E-state index contributed by atoms with van der Waals surface area (Å²) in [5.41, 5.74) is 7.34. The largest absolute Gasteiger partial charge is 0.468 e. The maximum absolute atomic E-state index is 11.1. The summed E-state index contributed by atoms with van der Waals surface area (Å²) in [5, 5.41) is 8.93. The highest BCUT2D eigenvalue weighted by Gasteiger charge is 2.13. The average Bonchev–Trinajstić information content (AvgIpc) is 2.28. The molecule has 0 aliphatic carbocycles. The zero-order chi connectivity index (χ0) is 11.3. The molecule has 3 N–H and O–H groups in total. The van der Waals surface area contributed by atoms with Gasteiger partial charge in [-0.1, -0.05) is 24.3 Å². The summed E-state index contributed by atoms with van der Waals surface area (Å²) < 4.78 is 4.53. The fourth-order valence-electron chi connectivity index (χ4n) is 1.34. The lowest BCUT2D eigenvalue weighted by Crippen LogP contribution is -2.33. The molecule has 0 heterocycles. The van der Waals surface area contributed by atoms with E-state index in [1.165, 1.54) is 7.11 Å². The van der Waals surface area contributed by atoms with Crippen LogP contribution in [0.15, 0.2) is 24.3 Å². The van der Waals surface area contributed by atoms with Gasteiger partial charge in [0.05, 0.1) is 13.7 Å². The fourth-order valence-corrected chi connectivity index (χ4v) is 1.34. The molecule has 0 unspecified atom stereocenters. The van der Waals surface area contributed by atoms with E-state index in [1.54, 1.807) is 0 Å². The molecule has 4 nitrogen and oxygen atoms in total. The SMILES string of the molecule is COC(=O)[C@H](N)Cc1cccc(CO)c1. The van der Waals surface area contributed by atoms with E-state index in [9.17, 15) is 4.79 Å². The Hall–Kier alpha value is -1.39. The summed E-state index contributed by atoms with van der Waals surface area (Å²) in [6, 6.07) is 6.67. The van der Waals surface area contributed by atoms with Gasteiger partial charge in [0.15, 0.2) is 0 Å². The lowest BCUT2D eigenvalue weighted by Gasteiger charge is -2.09. The Labute approximate surface area is 88.7 Å². The smallest absolute Gasteiger partial charge is 0.322 e. The minimum absolute atomic E-state index is 0.0126. The normalized spacial score (nSPS) is 12.2. The number of carbonyl (C=O) groups is 1. The quantitative estimate of drug-likeness (QED) is 0.696. The van der Waals surface area contributed by atoms with E-state index in [0.717, 1.165) is 11.1 Å². The maximum Gasteiger partial charge on any atom is 0.322 e. The first-order valence-electron chi connectivity index (χ1n) is 4.69. The maximum atomic E-state index is 11.1. The molecule has 82 valence electrons. The second-order valence-corrected chi connectivity index (χ2v) is 3.31. The summed E-state index contributed by atoms with van der Waals surface area (Å²) in [6.07, 6.45) is 0.417. The minimum atomic E-state index is -0.649. The van der Waals surface area contributed by atoms with Gasteiger partial charge in [-0.25, -0.2) is 0 Å². The van der Waals surface area contributed by atoms with Crippen molar-refractivity contribution in [3.8, 4) is 0 Å². The Morgan fingerprint density at radius 1 is 1.53 bits per heavy atom. The predicted octanol–water partition coefficient (Wildman–Crippen LogP) is 0.222. The van der Waals surface area contributed by atoms with Gasteiger partial charge in [-0.15, -0.1) is 0 Å². The van der Waals surface area contributed by atoms with Crippen molar-refractivity contribution in [1.82, 2.24) is 0 Å². The summed E-state index contributed by atoms with van der Waals surface area (Å²) in [7, 11) is 1.31.